The molecule has 0 bridgehead atoms. The van der Waals surface area contributed by atoms with Crippen LogP contribution in [0, 0.1) is 0 Å². The minimum absolute atomic E-state index is 0.133. The number of rotatable bonds is 1. The fraction of sp³-hybridized carbons (Fsp3) is 0.714. The number of amides is 1. The van der Waals surface area contributed by atoms with Gasteiger partial charge in [-0.2, -0.15) is 5.10 Å². The number of fused-ring (bicyclic) bond motifs is 1. The van der Waals surface area contributed by atoms with Crippen LogP contribution >= 0.6 is 0 Å². The van der Waals surface area contributed by atoms with Gasteiger partial charge in [-0.1, -0.05) is 0 Å². The predicted octanol–water partition coefficient (Wildman–Crippen LogP) is 2.30. The summed E-state index contributed by atoms with van der Waals surface area (Å²) in [4.78, 5) is 14.7. The molecule has 1 aromatic heterocycles. The van der Waals surface area contributed by atoms with Gasteiger partial charge in [0.15, 0.2) is 5.69 Å². The Bertz CT molecular complexity index is 456. The molecule has 4 heteroatoms. The number of nitrogens with one attached hydrogen (secondary N) is 1. The number of aromatic amines is 1. The molecule has 0 aromatic carbocycles. The van der Waals surface area contributed by atoms with E-state index in [0.29, 0.717) is 17.8 Å². The summed E-state index contributed by atoms with van der Waals surface area (Å²) in [6.07, 6.45) is 6.65. The third-order valence-electron chi connectivity index (χ3n) is 4.44. The molecule has 2 aliphatic rings. The topological polar surface area (TPSA) is 49.0 Å². The van der Waals surface area contributed by atoms with Crippen molar-refractivity contribution in [2.75, 3.05) is 0 Å². The van der Waals surface area contributed by atoms with Gasteiger partial charge in [-0.25, -0.2) is 0 Å². The highest BCUT2D eigenvalue weighted by Gasteiger charge is 2.33. The Morgan fingerprint density at radius 1 is 1.22 bits per heavy atom. The molecule has 0 saturated carbocycles. The van der Waals surface area contributed by atoms with Gasteiger partial charge < -0.3 is 4.90 Å². The number of aromatic nitrogens is 2. The first-order chi connectivity index (χ1) is 8.68. The quantitative estimate of drug-likeness (QED) is 0.827. The van der Waals surface area contributed by atoms with Crippen LogP contribution in [0.5, 0.6) is 0 Å². The Morgan fingerprint density at radius 2 is 1.94 bits per heavy atom. The lowest BCUT2D eigenvalue weighted by Crippen LogP contribution is -2.47. The van der Waals surface area contributed by atoms with E-state index in [1.54, 1.807) is 0 Å². The normalized spacial score (nSPS) is 27.3. The number of piperidine rings is 1. The third kappa shape index (κ3) is 1.74. The fourth-order valence-electron chi connectivity index (χ4n) is 3.44. The van der Waals surface area contributed by atoms with E-state index < -0.39 is 0 Å². The first-order valence-electron chi connectivity index (χ1n) is 7.07. The van der Waals surface area contributed by atoms with Crippen molar-refractivity contribution in [2.45, 2.75) is 64.5 Å². The summed E-state index contributed by atoms with van der Waals surface area (Å²) in [6.45, 7) is 4.31. The van der Waals surface area contributed by atoms with Crippen LogP contribution in [0.25, 0.3) is 0 Å². The summed E-state index contributed by atoms with van der Waals surface area (Å²) in [6, 6.07) is 0.685. The number of hydrogen-bond donors (Lipinski definition) is 1. The molecule has 1 aliphatic heterocycles. The van der Waals surface area contributed by atoms with E-state index in [0.717, 1.165) is 32.1 Å². The lowest BCUT2D eigenvalue weighted by molar-refractivity contribution is 0.0503. The number of H-pyrrole nitrogens is 1. The Hall–Kier alpha value is -1.32. The molecule has 2 atom stereocenters. The van der Waals surface area contributed by atoms with Crippen LogP contribution in [0.4, 0.5) is 0 Å². The second kappa shape index (κ2) is 4.41. The lowest BCUT2D eigenvalue weighted by Gasteiger charge is -2.38. The zero-order chi connectivity index (χ0) is 12.7. The highest BCUT2D eigenvalue weighted by atomic mass is 16.2. The van der Waals surface area contributed by atoms with Crippen LogP contribution in [0.2, 0.25) is 0 Å². The summed E-state index contributed by atoms with van der Waals surface area (Å²) in [5, 5.41) is 7.30. The number of nitrogens with zero attached hydrogens (tertiary/aromatic N) is 2. The maximum absolute atomic E-state index is 12.7. The van der Waals surface area contributed by atoms with Crippen molar-refractivity contribution in [1.29, 1.82) is 0 Å². The number of hydrogen-bond acceptors (Lipinski definition) is 2. The van der Waals surface area contributed by atoms with Gasteiger partial charge in [0.1, 0.15) is 0 Å². The summed E-state index contributed by atoms with van der Waals surface area (Å²) >= 11 is 0. The highest BCUT2D eigenvalue weighted by Crippen LogP contribution is 2.28. The van der Waals surface area contributed by atoms with E-state index in [1.807, 2.05) is 4.90 Å². The van der Waals surface area contributed by atoms with Gasteiger partial charge in [-0.3, -0.25) is 9.89 Å². The van der Waals surface area contributed by atoms with Gasteiger partial charge in [0.25, 0.3) is 5.91 Å². The van der Waals surface area contributed by atoms with Gasteiger partial charge in [-0.15, -0.1) is 0 Å². The fourth-order valence-corrected chi connectivity index (χ4v) is 3.44. The predicted molar refractivity (Wildman–Crippen MR) is 69.6 cm³/mol. The van der Waals surface area contributed by atoms with Gasteiger partial charge in [0, 0.05) is 23.3 Å². The Balaban J connectivity index is 1.89. The van der Waals surface area contributed by atoms with Gasteiger partial charge in [0.05, 0.1) is 0 Å². The molecule has 0 spiro atoms. The van der Waals surface area contributed by atoms with Crippen LogP contribution < -0.4 is 0 Å². The molecular formula is C14H21N3O. The third-order valence-corrected chi connectivity index (χ3v) is 4.44. The van der Waals surface area contributed by atoms with Crippen molar-refractivity contribution in [3.05, 3.63) is 17.0 Å². The second-order valence-electron chi connectivity index (χ2n) is 5.72. The smallest absolute Gasteiger partial charge is 0.275 e. The number of aryl methyl sites for hydroxylation is 1. The van der Waals surface area contributed by atoms with Crippen LogP contribution in [0.1, 0.15) is 61.3 Å². The molecule has 18 heavy (non-hydrogen) atoms. The summed E-state index contributed by atoms with van der Waals surface area (Å²) in [5.41, 5.74) is 3.03. The first kappa shape index (κ1) is 11.8. The van der Waals surface area contributed by atoms with Crippen molar-refractivity contribution >= 4 is 5.91 Å². The zero-order valence-electron chi connectivity index (χ0n) is 11.2. The summed E-state index contributed by atoms with van der Waals surface area (Å²) in [5.74, 6) is 0.133. The van der Waals surface area contributed by atoms with E-state index in [9.17, 15) is 4.79 Å². The molecule has 0 radical (unpaired) electrons. The van der Waals surface area contributed by atoms with E-state index in [1.165, 1.54) is 17.7 Å². The van der Waals surface area contributed by atoms with Crippen LogP contribution in [0.3, 0.4) is 0 Å². The van der Waals surface area contributed by atoms with E-state index >= 15 is 0 Å². The van der Waals surface area contributed by atoms with E-state index in [2.05, 4.69) is 24.0 Å². The maximum atomic E-state index is 12.7. The molecule has 1 aliphatic carbocycles. The van der Waals surface area contributed by atoms with Gasteiger partial charge in [0.2, 0.25) is 0 Å². The molecular weight excluding hydrogens is 226 g/mol. The average Bonchev–Trinajstić information content (AvgIpc) is 2.89. The van der Waals surface area contributed by atoms with Crippen LogP contribution in [-0.4, -0.2) is 33.1 Å². The number of carbonyl (C=O) groups excluding carboxylic acids is 1. The summed E-state index contributed by atoms with van der Waals surface area (Å²) in [7, 11) is 0. The minimum atomic E-state index is 0.133. The van der Waals surface area contributed by atoms with Gasteiger partial charge >= 0.3 is 0 Å². The monoisotopic (exact) mass is 247 g/mol. The number of likely N-dealkylation sites (tertiary alicyclic amines) is 1. The lowest BCUT2D eigenvalue weighted by atomic mass is 9.96. The molecule has 98 valence electrons. The van der Waals surface area contributed by atoms with Crippen molar-refractivity contribution in [3.8, 4) is 0 Å². The Morgan fingerprint density at radius 3 is 2.67 bits per heavy atom. The number of carbonyl (C=O) groups is 1. The van der Waals surface area contributed by atoms with E-state index in [4.69, 9.17) is 0 Å². The van der Waals surface area contributed by atoms with E-state index in [-0.39, 0.29) is 5.91 Å². The molecule has 1 N–H and O–H groups in total. The second-order valence-corrected chi connectivity index (χ2v) is 5.72. The molecule has 1 fully saturated rings. The zero-order valence-corrected chi connectivity index (χ0v) is 11.2. The Labute approximate surface area is 108 Å². The average molecular weight is 247 g/mol. The maximum Gasteiger partial charge on any atom is 0.275 e. The Kier molecular flexibility index (Phi) is 2.88. The summed E-state index contributed by atoms with van der Waals surface area (Å²) < 4.78 is 0. The molecule has 3 rings (SSSR count). The van der Waals surface area contributed by atoms with Crippen molar-refractivity contribution < 1.29 is 4.79 Å². The molecule has 1 aromatic rings. The molecule has 2 heterocycles. The van der Waals surface area contributed by atoms with Crippen LogP contribution in [0.15, 0.2) is 0 Å². The minimum Gasteiger partial charge on any atom is -0.332 e. The van der Waals surface area contributed by atoms with Gasteiger partial charge in [-0.05, 0) is 52.4 Å². The SMILES string of the molecule is CC1CCCC(C)N1C(=O)c1n[nH]c2c1CCC2. The molecule has 1 saturated heterocycles. The molecule has 2 unspecified atom stereocenters. The largest absolute Gasteiger partial charge is 0.332 e. The standard InChI is InChI=1S/C14H21N3O/c1-9-5-3-6-10(2)17(9)14(18)13-11-7-4-8-12(11)15-16-13/h9-10H,3-8H2,1-2H3,(H,15,16). The molecule has 1 amide bonds. The van der Waals surface area contributed by atoms with Crippen molar-refractivity contribution in [2.24, 2.45) is 0 Å². The van der Waals surface area contributed by atoms with Crippen LogP contribution in [-0.2, 0) is 12.8 Å². The first-order valence-corrected chi connectivity index (χ1v) is 7.07. The highest BCUT2D eigenvalue weighted by molar-refractivity contribution is 5.94. The molecule has 4 nitrogen and oxygen atoms in total. The van der Waals surface area contributed by atoms with Crippen molar-refractivity contribution in [3.63, 3.8) is 0 Å². The van der Waals surface area contributed by atoms with Crippen molar-refractivity contribution in [1.82, 2.24) is 15.1 Å².